The van der Waals surface area contributed by atoms with Gasteiger partial charge in [0.25, 0.3) is 10.5 Å². The molecule has 0 saturated heterocycles. The first kappa shape index (κ1) is 28.6. The molecule has 40 heavy (non-hydrogen) atoms. The van der Waals surface area contributed by atoms with Gasteiger partial charge in [-0.15, -0.1) is 0 Å². The minimum atomic E-state index is -0.722. The Kier molecular flexibility index (Phi) is 9.72. The van der Waals surface area contributed by atoms with Crippen LogP contribution in [0.3, 0.4) is 0 Å². The summed E-state index contributed by atoms with van der Waals surface area (Å²) in [5, 5.41) is 15.4. The Balaban J connectivity index is 1.61. The third-order valence-electron chi connectivity index (χ3n) is 5.58. The van der Waals surface area contributed by atoms with Gasteiger partial charge in [-0.1, -0.05) is 12.1 Å². The van der Waals surface area contributed by atoms with E-state index < -0.39 is 10.5 Å². The Hall–Kier alpha value is -4.40. The molecule has 0 saturated carbocycles. The van der Waals surface area contributed by atoms with Gasteiger partial charge < -0.3 is 9.47 Å². The molecule has 0 fully saturated rings. The van der Waals surface area contributed by atoms with Crippen molar-refractivity contribution in [3.63, 3.8) is 0 Å². The first-order valence-corrected chi connectivity index (χ1v) is 13.1. The molecule has 4 rings (SSSR count). The first-order chi connectivity index (χ1) is 19.4. The van der Waals surface area contributed by atoms with Crippen molar-refractivity contribution in [1.29, 1.82) is 0 Å². The van der Waals surface area contributed by atoms with Gasteiger partial charge in [0.05, 0.1) is 36.0 Å². The summed E-state index contributed by atoms with van der Waals surface area (Å²) in [6, 6.07) is 23.9. The number of nitrogens with zero attached hydrogens (tertiary/aromatic N) is 4. The van der Waals surface area contributed by atoms with Crippen LogP contribution in [0.2, 0.25) is 0 Å². The van der Waals surface area contributed by atoms with E-state index in [0.717, 1.165) is 11.5 Å². The summed E-state index contributed by atoms with van der Waals surface area (Å²) in [5.41, 5.74) is 3.15. The van der Waals surface area contributed by atoms with E-state index >= 15 is 0 Å². The van der Waals surface area contributed by atoms with Crippen LogP contribution in [-0.2, 0) is 0 Å². The number of ether oxygens (including phenoxy) is 2. The number of hydrogen-bond donors (Lipinski definition) is 0. The van der Waals surface area contributed by atoms with Crippen LogP contribution in [-0.4, -0.2) is 23.7 Å². The zero-order chi connectivity index (χ0) is 28.5. The van der Waals surface area contributed by atoms with E-state index in [1.807, 2.05) is 13.8 Å². The lowest BCUT2D eigenvalue weighted by Gasteiger charge is -2.11. The van der Waals surface area contributed by atoms with Crippen LogP contribution in [0.1, 0.15) is 34.6 Å². The van der Waals surface area contributed by atoms with Gasteiger partial charge >= 0.3 is 0 Å². The molecule has 0 bridgehead atoms. The normalized spacial score (nSPS) is 11.2. The van der Waals surface area contributed by atoms with Gasteiger partial charge in [-0.25, -0.2) is 0 Å². The summed E-state index contributed by atoms with van der Waals surface area (Å²) < 4.78 is 10.9. The zero-order valence-corrected chi connectivity index (χ0v) is 23.2. The molecular weight excluding hydrogens is 551 g/mol. The Morgan fingerprint density at radius 3 is 1.20 bits per heavy atom. The van der Waals surface area contributed by atoms with Crippen LogP contribution >= 0.6 is 23.2 Å². The molecule has 4 aromatic rings. The Morgan fingerprint density at radius 1 is 0.550 bits per heavy atom. The largest absolute Gasteiger partial charge is 0.494 e. The summed E-state index contributed by atoms with van der Waals surface area (Å²) in [7, 11) is 0. The van der Waals surface area contributed by atoms with Gasteiger partial charge in [-0.05, 0) is 121 Å². The highest BCUT2D eigenvalue weighted by molar-refractivity contribution is 6.69. The predicted molar refractivity (Wildman–Crippen MR) is 156 cm³/mol. The Morgan fingerprint density at radius 2 is 0.875 bits per heavy atom. The quantitative estimate of drug-likeness (QED) is 0.131. The van der Waals surface area contributed by atoms with Crippen molar-refractivity contribution in [2.75, 3.05) is 13.2 Å². The third-order valence-corrected chi connectivity index (χ3v) is 5.98. The molecular formula is C30H24Cl2N4O4. The molecule has 0 N–H and O–H groups in total. The van der Waals surface area contributed by atoms with Crippen LogP contribution in [0, 0.1) is 0 Å². The van der Waals surface area contributed by atoms with E-state index in [0.29, 0.717) is 47.1 Å². The van der Waals surface area contributed by atoms with E-state index in [-0.39, 0.29) is 11.1 Å². The second-order valence-electron chi connectivity index (χ2n) is 8.26. The molecule has 10 heteroatoms. The lowest BCUT2D eigenvalue weighted by molar-refractivity contribution is 0.107. The zero-order valence-electron chi connectivity index (χ0n) is 21.7. The van der Waals surface area contributed by atoms with Crippen molar-refractivity contribution in [3.8, 4) is 22.6 Å². The number of hydrogen-bond acceptors (Lipinski definition) is 8. The van der Waals surface area contributed by atoms with E-state index in [1.165, 1.54) is 12.1 Å². The summed E-state index contributed by atoms with van der Waals surface area (Å²) in [4.78, 5) is 24.7. The second kappa shape index (κ2) is 13.6. The van der Waals surface area contributed by atoms with Crippen LogP contribution in [0.5, 0.6) is 11.5 Å². The minimum absolute atomic E-state index is 0.146. The van der Waals surface area contributed by atoms with Gasteiger partial charge in [-0.2, -0.15) is 20.5 Å². The third kappa shape index (κ3) is 7.37. The van der Waals surface area contributed by atoms with E-state index in [2.05, 4.69) is 20.5 Å². The van der Waals surface area contributed by atoms with Crippen molar-refractivity contribution in [1.82, 2.24) is 0 Å². The second-order valence-corrected chi connectivity index (χ2v) is 8.95. The topological polar surface area (TPSA) is 102 Å². The van der Waals surface area contributed by atoms with E-state index in [9.17, 15) is 9.59 Å². The number of carbonyl (C=O) groups is 2. The molecule has 0 spiro atoms. The van der Waals surface area contributed by atoms with Crippen molar-refractivity contribution >= 4 is 56.4 Å². The van der Waals surface area contributed by atoms with Crippen LogP contribution < -0.4 is 9.47 Å². The average molecular weight is 575 g/mol. The Bertz CT molecular complexity index is 1450. The number of carbonyl (C=O) groups excluding carboxylic acids is 2. The highest BCUT2D eigenvalue weighted by Crippen LogP contribution is 2.35. The molecule has 0 radical (unpaired) electrons. The maximum absolute atomic E-state index is 12.4. The molecule has 0 aliphatic heterocycles. The van der Waals surface area contributed by atoms with E-state index in [4.69, 9.17) is 32.7 Å². The van der Waals surface area contributed by atoms with E-state index in [1.54, 1.807) is 72.8 Å². The fourth-order valence-electron chi connectivity index (χ4n) is 3.77. The van der Waals surface area contributed by atoms with Crippen LogP contribution in [0.15, 0.2) is 105 Å². The monoisotopic (exact) mass is 574 g/mol. The van der Waals surface area contributed by atoms with Gasteiger partial charge in [-0.3, -0.25) is 9.59 Å². The molecule has 0 atom stereocenters. The average Bonchev–Trinajstić information content (AvgIpc) is 2.96. The smallest absolute Gasteiger partial charge is 0.253 e. The molecule has 0 unspecified atom stereocenters. The van der Waals surface area contributed by atoms with Crippen molar-refractivity contribution in [2.45, 2.75) is 13.8 Å². The van der Waals surface area contributed by atoms with Gasteiger partial charge in [0.15, 0.2) is 0 Å². The highest BCUT2D eigenvalue weighted by atomic mass is 35.5. The number of halogens is 2. The lowest BCUT2D eigenvalue weighted by Crippen LogP contribution is -1.99. The maximum atomic E-state index is 12.4. The molecule has 202 valence electrons. The fourth-order valence-corrected chi connectivity index (χ4v) is 4.08. The molecule has 0 aliphatic carbocycles. The molecule has 0 heterocycles. The predicted octanol–water partition coefficient (Wildman–Crippen LogP) is 9.74. The molecule has 4 aromatic carbocycles. The molecule has 8 nitrogen and oxygen atoms in total. The molecule has 0 aliphatic rings. The standard InChI is InChI=1S/C30H24Cl2N4O4/c1-3-39-23-11-5-19(6-12-23)33-35-21-9-15-25(27(17-21)29(31)37)26-16-10-22(18-28(26)30(32)38)36-34-20-7-13-24(14-8-20)40-4-2/h5-18H,3-4H2,1-2H3. The summed E-state index contributed by atoms with van der Waals surface area (Å²) in [5.74, 6) is 1.46. The van der Waals surface area contributed by atoms with Gasteiger partial charge in [0.2, 0.25) is 0 Å². The number of benzene rings is 4. The summed E-state index contributed by atoms with van der Waals surface area (Å²) >= 11 is 11.8. The van der Waals surface area contributed by atoms with Crippen molar-refractivity contribution < 1.29 is 19.1 Å². The first-order valence-electron chi connectivity index (χ1n) is 12.3. The number of azo groups is 2. The van der Waals surface area contributed by atoms with Crippen molar-refractivity contribution in [3.05, 3.63) is 96.1 Å². The van der Waals surface area contributed by atoms with Crippen LogP contribution in [0.4, 0.5) is 22.7 Å². The number of rotatable bonds is 11. The van der Waals surface area contributed by atoms with Crippen LogP contribution in [0.25, 0.3) is 11.1 Å². The summed E-state index contributed by atoms with van der Waals surface area (Å²) in [6.45, 7) is 4.94. The molecule has 0 amide bonds. The van der Waals surface area contributed by atoms with Gasteiger partial charge in [0, 0.05) is 11.1 Å². The summed E-state index contributed by atoms with van der Waals surface area (Å²) in [6.07, 6.45) is 0. The van der Waals surface area contributed by atoms with Gasteiger partial charge in [0.1, 0.15) is 11.5 Å². The Labute approximate surface area is 241 Å². The highest BCUT2D eigenvalue weighted by Gasteiger charge is 2.18. The lowest BCUT2D eigenvalue weighted by atomic mass is 9.95. The van der Waals surface area contributed by atoms with Crippen molar-refractivity contribution in [2.24, 2.45) is 20.5 Å². The minimum Gasteiger partial charge on any atom is -0.494 e. The maximum Gasteiger partial charge on any atom is 0.253 e. The molecule has 0 aromatic heterocycles. The fraction of sp³-hybridized carbons (Fsp3) is 0.133. The SMILES string of the molecule is CCOc1ccc(N=Nc2ccc(-c3ccc(N=Nc4ccc(OCC)cc4)cc3C(=O)Cl)c(C(=O)Cl)c2)cc1.